The molecule has 3 aromatic carbocycles. The second kappa shape index (κ2) is 14.6. The van der Waals surface area contributed by atoms with Crippen LogP contribution in [0, 0.1) is 0 Å². The minimum Gasteiger partial charge on any atom is -0.478 e. The molecule has 4 aromatic rings. The number of H-pyrrole nitrogens is 1. The van der Waals surface area contributed by atoms with Gasteiger partial charge >= 0.3 is 11.9 Å². The Hall–Kier alpha value is -4.46. The van der Waals surface area contributed by atoms with Gasteiger partial charge in [-0.3, -0.25) is 9.80 Å². The molecular formula is C33H35N3O4. The molecule has 1 aromatic heterocycles. The molecule has 0 radical (unpaired) electrons. The normalized spacial score (nSPS) is 14.1. The van der Waals surface area contributed by atoms with E-state index in [0.717, 1.165) is 39.1 Å². The van der Waals surface area contributed by atoms with Crippen molar-refractivity contribution >= 4 is 11.9 Å². The number of carboxylic acid groups (broad SMARTS) is 2. The van der Waals surface area contributed by atoms with Crippen molar-refractivity contribution in [3.8, 4) is 0 Å². The second-order valence-electron chi connectivity index (χ2n) is 9.74. The molecule has 0 aliphatic carbocycles. The Balaban J connectivity index is 0.000000406. The summed E-state index contributed by atoms with van der Waals surface area (Å²) in [5, 5.41) is 15.6. The molecule has 0 atom stereocenters. The first-order valence-electron chi connectivity index (χ1n) is 13.4. The summed E-state index contributed by atoms with van der Waals surface area (Å²) < 4.78 is 0. The fraction of sp³-hybridized carbons (Fsp3) is 0.212. The summed E-state index contributed by atoms with van der Waals surface area (Å²) in [6.07, 6.45) is 4.26. The summed E-state index contributed by atoms with van der Waals surface area (Å²) in [5.41, 5.74) is 6.78. The first kappa shape index (κ1) is 28.5. The molecular weight excluding hydrogens is 502 g/mol. The van der Waals surface area contributed by atoms with E-state index in [1.807, 2.05) is 0 Å². The van der Waals surface area contributed by atoms with Crippen LogP contribution < -0.4 is 0 Å². The molecule has 0 bridgehead atoms. The molecule has 0 saturated carbocycles. The van der Waals surface area contributed by atoms with E-state index in [1.165, 1.54) is 27.9 Å². The molecule has 0 unspecified atom stereocenters. The van der Waals surface area contributed by atoms with Crippen molar-refractivity contribution in [3.05, 3.63) is 143 Å². The Morgan fingerprint density at radius 1 is 0.725 bits per heavy atom. The lowest BCUT2D eigenvalue weighted by molar-refractivity contribution is -0.134. The molecule has 1 aliphatic heterocycles. The molecule has 1 fully saturated rings. The summed E-state index contributed by atoms with van der Waals surface area (Å²) in [4.78, 5) is 27.8. The number of aromatic amines is 1. The SMILES string of the molecule is O=C(O)/C=C\C(=O)O.c1ccc(Cc2cc(CN3CCN(C(c4ccccc4)c4ccccc4)CC3)c[nH]2)cc1. The first-order chi connectivity index (χ1) is 19.5. The van der Waals surface area contributed by atoms with Gasteiger partial charge in [0, 0.05) is 63.2 Å². The van der Waals surface area contributed by atoms with Crippen LogP contribution in [-0.2, 0) is 22.6 Å². The number of aliphatic carboxylic acids is 2. The highest BCUT2D eigenvalue weighted by Crippen LogP contribution is 2.29. The smallest absolute Gasteiger partial charge is 0.328 e. The van der Waals surface area contributed by atoms with Crippen molar-refractivity contribution in [1.29, 1.82) is 0 Å². The third-order valence-corrected chi connectivity index (χ3v) is 6.82. The van der Waals surface area contributed by atoms with Gasteiger partial charge in [-0.2, -0.15) is 0 Å². The maximum absolute atomic E-state index is 9.55. The number of aromatic nitrogens is 1. The summed E-state index contributed by atoms with van der Waals surface area (Å²) in [6, 6.07) is 35.2. The predicted octanol–water partition coefficient (Wildman–Crippen LogP) is 5.22. The average Bonchev–Trinajstić information content (AvgIpc) is 3.41. The van der Waals surface area contributed by atoms with Crippen molar-refractivity contribution < 1.29 is 19.8 Å². The van der Waals surface area contributed by atoms with Crippen LogP contribution in [0.25, 0.3) is 0 Å². The fourth-order valence-corrected chi connectivity index (χ4v) is 4.97. The Kier molecular flexibility index (Phi) is 10.4. The molecule has 0 spiro atoms. The van der Waals surface area contributed by atoms with Gasteiger partial charge in [0.25, 0.3) is 0 Å². The minimum atomic E-state index is -1.26. The lowest BCUT2D eigenvalue weighted by Crippen LogP contribution is -2.47. The van der Waals surface area contributed by atoms with Crippen LogP contribution in [0.15, 0.2) is 115 Å². The molecule has 40 heavy (non-hydrogen) atoms. The van der Waals surface area contributed by atoms with E-state index in [4.69, 9.17) is 10.2 Å². The number of hydrogen-bond acceptors (Lipinski definition) is 4. The Labute approximate surface area is 235 Å². The molecule has 7 heteroatoms. The molecule has 206 valence electrons. The molecule has 0 amide bonds. The lowest BCUT2D eigenvalue weighted by atomic mass is 9.96. The van der Waals surface area contributed by atoms with Crippen LogP contribution in [0.2, 0.25) is 0 Å². The maximum atomic E-state index is 9.55. The topological polar surface area (TPSA) is 96.9 Å². The van der Waals surface area contributed by atoms with Gasteiger partial charge < -0.3 is 15.2 Å². The van der Waals surface area contributed by atoms with Gasteiger partial charge in [-0.05, 0) is 28.3 Å². The van der Waals surface area contributed by atoms with Crippen LogP contribution in [0.5, 0.6) is 0 Å². The highest BCUT2D eigenvalue weighted by molar-refractivity contribution is 5.89. The van der Waals surface area contributed by atoms with Gasteiger partial charge in [-0.1, -0.05) is 91.0 Å². The highest BCUT2D eigenvalue weighted by atomic mass is 16.4. The van der Waals surface area contributed by atoms with Crippen LogP contribution >= 0.6 is 0 Å². The van der Waals surface area contributed by atoms with Crippen molar-refractivity contribution in [2.45, 2.75) is 19.0 Å². The first-order valence-corrected chi connectivity index (χ1v) is 13.4. The molecule has 1 saturated heterocycles. The van der Waals surface area contributed by atoms with Gasteiger partial charge in [0.15, 0.2) is 0 Å². The van der Waals surface area contributed by atoms with Crippen LogP contribution in [0.4, 0.5) is 0 Å². The number of piperazine rings is 1. The van der Waals surface area contributed by atoms with Crippen molar-refractivity contribution in [2.75, 3.05) is 26.2 Å². The van der Waals surface area contributed by atoms with Gasteiger partial charge in [0.1, 0.15) is 0 Å². The fourth-order valence-electron chi connectivity index (χ4n) is 4.97. The maximum Gasteiger partial charge on any atom is 0.328 e. The predicted molar refractivity (Wildman–Crippen MR) is 156 cm³/mol. The third-order valence-electron chi connectivity index (χ3n) is 6.82. The van der Waals surface area contributed by atoms with E-state index in [9.17, 15) is 9.59 Å². The standard InChI is InChI=1S/C29H31N3.C4H4O4/c1-4-10-24(11-5-1)20-28-21-25(22-30-28)23-31-16-18-32(19-17-31)29(26-12-6-2-7-13-26)27-14-8-3-9-15-27;5-3(6)1-2-4(7)8/h1-15,21-22,29-30H,16-20,23H2;1-2H,(H,5,6)(H,7,8)/b;2-1-. The van der Waals surface area contributed by atoms with E-state index in [-0.39, 0.29) is 0 Å². The summed E-state index contributed by atoms with van der Waals surface area (Å²) in [5.74, 6) is -2.51. The molecule has 7 nitrogen and oxygen atoms in total. The van der Waals surface area contributed by atoms with Gasteiger partial charge in [0.05, 0.1) is 6.04 Å². The van der Waals surface area contributed by atoms with E-state index >= 15 is 0 Å². The average molecular weight is 538 g/mol. The van der Waals surface area contributed by atoms with E-state index in [0.29, 0.717) is 18.2 Å². The lowest BCUT2D eigenvalue weighted by Gasteiger charge is -2.39. The van der Waals surface area contributed by atoms with Crippen molar-refractivity contribution in [3.63, 3.8) is 0 Å². The quantitative estimate of drug-likeness (QED) is 0.253. The number of rotatable bonds is 9. The van der Waals surface area contributed by atoms with E-state index in [1.54, 1.807) is 0 Å². The van der Waals surface area contributed by atoms with Crippen LogP contribution in [0.3, 0.4) is 0 Å². The Morgan fingerprint density at radius 3 is 1.73 bits per heavy atom. The summed E-state index contributed by atoms with van der Waals surface area (Å²) >= 11 is 0. The second-order valence-corrected chi connectivity index (χ2v) is 9.74. The van der Waals surface area contributed by atoms with Gasteiger partial charge in [-0.25, -0.2) is 9.59 Å². The zero-order valence-corrected chi connectivity index (χ0v) is 22.4. The van der Waals surface area contributed by atoms with E-state index < -0.39 is 11.9 Å². The number of carboxylic acids is 2. The number of carbonyl (C=O) groups is 2. The Morgan fingerprint density at radius 2 is 1.23 bits per heavy atom. The van der Waals surface area contributed by atoms with Crippen molar-refractivity contribution in [2.24, 2.45) is 0 Å². The Bertz CT molecular complexity index is 1310. The third kappa shape index (κ3) is 8.80. The molecule has 1 aliphatic rings. The van der Waals surface area contributed by atoms with Gasteiger partial charge in [-0.15, -0.1) is 0 Å². The van der Waals surface area contributed by atoms with E-state index in [2.05, 4.69) is 118 Å². The number of hydrogen-bond donors (Lipinski definition) is 3. The van der Waals surface area contributed by atoms with Crippen LogP contribution in [-0.4, -0.2) is 63.1 Å². The number of nitrogens with zero attached hydrogens (tertiary/aromatic N) is 2. The zero-order valence-electron chi connectivity index (χ0n) is 22.4. The molecule has 2 heterocycles. The zero-order chi connectivity index (χ0) is 28.2. The number of nitrogens with one attached hydrogen (secondary N) is 1. The molecule has 3 N–H and O–H groups in total. The van der Waals surface area contributed by atoms with Crippen LogP contribution in [0.1, 0.15) is 34.0 Å². The summed E-state index contributed by atoms with van der Waals surface area (Å²) in [7, 11) is 0. The minimum absolute atomic E-state index is 0.323. The van der Waals surface area contributed by atoms with Crippen molar-refractivity contribution in [1.82, 2.24) is 14.8 Å². The highest BCUT2D eigenvalue weighted by Gasteiger charge is 2.26. The summed E-state index contributed by atoms with van der Waals surface area (Å²) in [6.45, 7) is 5.36. The largest absolute Gasteiger partial charge is 0.478 e. The monoisotopic (exact) mass is 537 g/mol. The molecule has 5 rings (SSSR count). The van der Waals surface area contributed by atoms with Gasteiger partial charge in [0.2, 0.25) is 0 Å². The number of benzene rings is 3.